The molecule has 0 aliphatic carbocycles. The fourth-order valence-electron chi connectivity index (χ4n) is 2.17. The van der Waals surface area contributed by atoms with Crippen molar-refractivity contribution in [2.45, 2.75) is 0 Å². The molecule has 96 valence electrons. The van der Waals surface area contributed by atoms with Gasteiger partial charge in [-0.2, -0.15) is 0 Å². The van der Waals surface area contributed by atoms with Crippen molar-refractivity contribution in [2.24, 2.45) is 0 Å². The summed E-state index contributed by atoms with van der Waals surface area (Å²) in [6, 6.07) is 12.0. The van der Waals surface area contributed by atoms with Crippen LogP contribution in [0.15, 0.2) is 36.4 Å². The van der Waals surface area contributed by atoms with Crippen LogP contribution in [0.2, 0.25) is 0 Å². The van der Waals surface area contributed by atoms with Gasteiger partial charge in [0.05, 0.1) is 0 Å². The molecule has 0 spiro atoms. The summed E-state index contributed by atoms with van der Waals surface area (Å²) in [6.07, 6.45) is 0. The van der Waals surface area contributed by atoms with E-state index in [4.69, 9.17) is 11.6 Å². The van der Waals surface area contributed by atoms with E-state index in [0.717, 1.165) is 4.70 Å². The van der Waals surface area contributed by atoms with E-state index in [1.807, 2.05) is 26.2 Å². The number of hydrogen-bond acceptors (Lipinski definition) is 3. The highest BCUT2D eigenvalue weighted by Gasteiger charge is 2.09. The van der Waals surface area contributed by atoms with Crippen LogP contribution in [0.1, 0.15) is 10.4 Å². The van der Waals surface area contributed by atoms with E-state index in [9.17, 15) is 4.79 Å². The molecule has 2 nitrogen and oxygen atoms in total. The van der Waals surface area contributed by atoms with Crippen LogP contribution >= 0.6 is 22.9 Å². The number of rotatable bonds is 2. The molecule has 0 unspecified atom stereocenters. The van der Waals surface area contributed by atoms with E-state index in [2.05, 4.69) is 23.1 Å². The maximum atomic E-state index is 11.2. The first-order valence-corrected chi connectivity index (χ1v) is 7.09. The predicted octanol–water partition coefficient (Wildman–Crippen LogP) is 4.50. The summed E-state index contributed by atoms with van der Waals surface area (Å²) in [4.78, 5) is 13.3. The molecule has 4 heteroatoms. The van der Waals surface area contributed by atoms with Crippen molar-refractivity contribution in [3.8, 4) is 0 Å². The van der Waals surface area contributed by atoms with Crippen LogP contribution in [0, 0.1) is 0 Å². The smallest absolute Gasteiger partial charge is 0.252 e. The fourth-order valence-corrected chi connectivity index (χ4v) is 3.46. The molecule has 3 aromatic rings. The highest BCUT2D eigenvalue weighted by atomic mass is 35.5. The van der Waals surface area contributed by atoms with Gasteiger partial charge in [0, 0.05) is 45.5 Å². The second-order valence-corrected chi connectivity index (χ2v) is 6.09. The third kappa shape index (κ3) is 2.09. The van der Waals surface area contributed by atoms with Crippen molar-refractivity contribution in [1.29, 1.82) is 0 Å². The van der Waals surface area contributed by atoms with E-state index in [0.29, 0.717) is 5.56 Å². The van der Waals surface area contributed by atoms with Gasteiger partial charge in [-0.15, -0.1) is 11.3 Å². The lowest BCUT2D eigenvalue weighted by Crippen LogP contribution is -2.07. The molecule has 1 heterocycles. The van der Waals surface area contributed by atoms with Crippen molar-refractivity contribution >= 4 is 54.0 Å². The van der Waals surface area contributed by atoms with Gasteiger partial charge in [0.1, 0.15) is 0 Å². The zero-order valence-corrected chi connectivity index (χ0v) is 12.2. The number of halogens is 1. The minimum absolute atomic E-state index is 0.409. The van der Waals surface area contributed by atoms with Gasteiger partial charge in [-0.05, 0) is 35.9 Å². The van der Waals surface area contributed by atoms with E-state index < -0.39 is 5.24 Å². The lowest BCUT2D eigenvalue weighted by molar-refractivity contribution is 0.108. The molecular weight excluding hydrogens is 278 g/mol. The maximum Gasteiger partial charge on any atom is 0.252 e. The van der Waals surface area contributed by atoms with E-state index in [1.54, 1.807) is 17.4 Å². The fraction of sp³-hybridized carbons (Fsp3) is 0.133. The minimum atomic E-state index is -0.409. The molecule has 0 saturated carbocycles. The van der Waals surface area contributed by atoms with E-state index in [1.165, 1.54) is 21.2 Å². The molecule has 0 aliphatic heterocycles. The van der Waals surface area contributed by atoms with Gasteiger partial charge >= 0.3 is 0 Å². The second kappa shape index (κ2) is 4.51. The average molecular weight is 290 g/mol. The van der Waals surface area contributed by atoms with Gasteiger partial charge in [0.25, 0.3) is 5.24 Å². The van der Waals surface area contributed by atoms with Crippen LogP contribution in [0.5, 0.6) is 0 Å². The number of benzene rings is 2. The zero-order valence-electron chi connectivity index (χ0n) is 10.6. The number of thiophene rings is 1. The quantitative estimate of drug-likeness (QED) is 0.647. The molecule has 1 aromatic heterocycles. The van der Waals surface area contributed by atoms with Gasteiger partial charge in [-0.3, -0.25) is 4.79 Å². The third-order valence-electron chi connectivity index (χ3n) is 3.20. The Morgan fingerprint density at radius 1 is 1.05 bits per heavy atom. The molecule has 0 saturated heterocycles. The highest BCUT2D eigenvalue weighted by Crippen LogP contribution is 2.36. The summed E-state index contributed by atoms with van der Waals surface area (Å²) in [5, 5.41) is 1.99. The first kappa shape index (κ1) is 12.5. The monoisotopic (exact) mass is 289 g/mol. The molecule has 2 aromatic carbocycles. The SMILES string of the molecule is CN(C)c1ccc2c(c1)sc1cc(C(=O)Cl)ccc12. The van der Waals surface area contributed by atoms with Crippen molar-refractivity contribution in [1.82, 2.24) is 0 Å². The molecule has 0 N–H and O–H groups in total. The summed E-state index contributed by atoms with van der Waals surface area (Å²) in [7, 11) is 4.05. The number of fused-ring (bicyclic) bond motifs is 3. The van der Waals surface area contributed by atoms with Crippen LogP contribution in [-0.2, 0) is 0 Å². The van der Waals surface area contributed by atoms with Crippen LogP contribution in [0.3, 0.4) is 0 Å². The largest absolute Gasteiger partial charge is 0.378 e. The van der Waals surface area contributed by atoms with Crippen LogP contribution in [-0.4, -0.2) is 19.3 Å². The van der Waals surface area contributed by atoms with Crippen LogP contribution in [0.4, 0.5) is 5.69 Å². The Balaban J connectivity index is 2.28. The van der Waals surface area contributed by atoms with Crippen molar-refractivity contribution in [2.75, 3.05) is 19.0 Å². The molecule has 0 radical (unpaired) electrons. The van der Waals surface area contributed by atoms with Gasteiger partial charge in [-0.25, -0.2) is 0 Å². The molecule has 0 amide bonds. The molecule has 19 heavy (non-hydrogen) atoms. The summed E-state index contributed by atoms with van der Waals surface area (Å²) in [5.41, 5.74) is 1.72. The number of hydrogen-bond donors (Lipinski definition) is 0. The minimum Gasteiger partial charge on any atom is -0.378 e. The Morgan fingerprint density at radius 2 is 1.68 bits per heavy atom. The Morgan fingerprint density at radius 3 is 2.32 bits per heavy atom. The average Bonchev–Trinajstić information content (AvgIpc) is 2.74. The van der Waals surface area contributed by atoms with Gasteiger partial charge in [-0.1, -0.05) is 12.1 Å². The molecule has 0 aliphatic rings. The summed E-state index contributed by atoms with van der Waals surface area (Å²) >= 11 is 7.22. The Kier molecular flexibility index (Phi) is 2.96. The van der Waals surface area contributed by atoms with Crippen molar-refractivity contribution in [3.05, 3.63) is 42.0 Å². The van der Waals surface area contributed by atoms with Gasteiger partial charge in [0.15, 0.2) is 0 Å². The molecule has 0 atom stereocenters. The third-order valence-corrected chi connectivity index (χ3v) is 4.53. The Labute approximate surface area is 120 Å². The maximum absolute atomic E-state index is 11.2. The second-order valence-electron chi connectivity index (χ2n) is 4.66. The van der Waals surface area contributed by atoms with Gasteiger partial charge in [0.2, 0.25) is 0 Å². The molecular formula is C15H12ClNOS. The Hall–Kier alpha value is -1.58. The zero-order chi connectivity index (χ0) is 13.6. The van der Waals surface area contributed by atoms with E-state index >= 15 is 0 Å². The first-order chi connectivity index (χ1) is 9.06. The lowest BCUT2D eigenvalue weighted by Gasteiger charge is -2.11. The predicted molar refractivity (Wildman–Crippen MR) is 83.8 cm³/mol. The first-order valence-electron chi connectivity index (χ1n) is 5.90. The van der Waals surface area contributed by atoms with Gasteiger partial charge < -0.3 is 4.90 Å². The van der Waals surface area contributed by atoms with Crippen molar-refractivity contribution < 1.29 is 4.79 Å². The number of nitrogens with zero attached hydrogens (tertiary/aromatic N) is 1. The summed E-state index contributed by atoms with van der Waals surface area (Å²) in [6.45, 7) is 0. The van der Waals surface area contributed by atoms with Crippen molar-refractivity contribution in [3.63, 3.8) is 0 Å². The topological polar surface area (TPSA) is 20.3 Å². The summed E-state index contributed by atoms with van der Waals surface area (Å²) in [5.74, 6) is 0. The lowest BCUT2D eigenvalue weighted by atomic mass is 10.1. The van der Waals surface area contributed by atoms with Crippen LogP contribution < -0.4 is 4.90 Å². The molecule has 0 fully saturated rings. The van der Waals surface area contributed by atoms with E-state index in [-0.39, 0.29) is 0 Å². The summed E-state index contributed by atoms with van der Waals surface area (Å²) < 4.78 is 2.32. The normalized spacial score (nSPS) is 11.1. The molecule has 3 rings (SSSR count). The Bertz CT molecular complexity index is 791. The number of anilines is 1. The van der Waals surface area contributed by atoms with Crippen LogP contribution in [0.25, 0.3) is 20.2 Å². The molecule has 0 bridgehead atoms. The number of carbonyl (C=O) groups excluding carboxylic acids is 1. The standard InChI is InChI=1S/C15H12ClNOS/c1-17(2)10-4-6-12-11-5-3-9(15(16)18)7-13(11)19-14(12)8-10/h3-8H,1-2H3. The highest BCUT2D eigenvalue weighted by molar-refractivity contribution is 7.25. The number of carbonyl (C=O) groups is 1.